The summed E-state index contributed by atoms with van der Waals surface area (Å²) in [6.45, 7) is 8.08. The van der Waals surface area contributed by atoms with E-state index < -0.39 is 0 Å². The first-order valence-corrected chi connectivity index (χ1v) is 7.56. The van der Waals surface area contributed by atoms with Crippen molar-refractivity contribution in [2.45, 2.75) is 45.6 Å². The highest BCUT2D eigenvalue weighted by Crippen LogP contribution is 2.18. The molecule has 0 fully saturated rings. The van der Waals surface area contributed by atoms with Crippen LogP contribution in [0.5, 0.6) is 5.75 Å². The normalized spacial score (nSPS) is 12.4. The number of ether oxygens (including phenoxy) is 1. The fourth-order valence-corrected chi connectivity index (χ4v) is 2.39. The van der Waals surface area contributed by atoms with Crippen LogP contribution in [0.1, 0.15) is 45.6 Å². The van der Waals surface area contributed by atoms with Gasteiger partial charge in [-0.15, -0.1) is 0 Å². The van der Waals surface area contributed by atoms with Gasteiger partial charge in [-0.25, -0.2) is 0 Å². The van der Waals surface area contributed by atoms with E-state index in [0.29, 0.717) is 12.2 Å². The van der Waals surface area contributed by atoms with Gasteiger partial charge in [-0.2, -0.15) is 0 Å². The third kappa shape index (κ3) is 4.93. The van der Waals surface area contributed by atoms with E-state index in [1.54, 1.807) is 12.1 Å². The molecule has 0 amide bonds. The molecule has 0 bridgehead atoms. The Morgan fingerprint density at radius 3 is 2.24 bits per heavy atom. The molecule has 0 saturated heterocycles. The Morgan fingerprint density at radius 1 is 1.19 bits per heavy atom. The molecule has 1 rings (SSSR count). The van der Waals surface area contributed by atoms with E-state index in [9.17, 15) is 0 Å². The van der Waals surface area contributed by atoms with Crippen molar-refractivity contribution in [3.63, 3.8) is 0 Å². The molecule has 0 radical (unpaired) electrons. The van der Waals surface area contributed by atoms with Gasteiger partial charge in [0.2, 0.25) is 0 Å². The SMILES string of the molecule is CCC(CC)(CC)NCCOc1ccc(C(N)=NO)cc1. The summed E-state index contributed by atoms with van der Waals surface area (Å²) in [5, 5.41) is 15.2. The summed E-state index contributed by atoms with van der Waals surface area (Å²) in [6.07, 6.45) is 3.36. The van der Waals surface area contributed by atoms with Crippen LogP contribution in [0.3, 0.4) is 0 Å². The van der Waals surface area contributed by atoms with E-state index >= 15 is 0 Å². The summed E-state index contributed by atoms with van der Waals surface area (Å²) in [4.78, 5) is 0. The molecule has 0 aromatic heterocycles. The minimum atomic E-state index is 0.0989. The van der Waals surface area contributed by atoms with E-state index in [0.717, 1.165) is 31.6 Å². The van der Waals surface area contributed by atoms with E-state index in [-0.39, 0.29) is 11.4 Å². The summed E-state index contributed by atoms with van der Waals surface area (Å²) in [5.41, 5.74) is 6.40. The van der Waals surface area contributed by atoms with Crippen molar-refractivity contribution in [2.24, 2.45) is 10.9 Å². The molecule has 0 saturated carbocycles. The Kier molecular flexibility index (Phi) is 7.02. The summed E-state index contributed by atoms with van der Waals surface area (Å²) in [5.74, 6) is 0.878. The summed E-state index contributed by atoms with van der Waals surface area (Å²) >= 11 is 0. The van der Waals surface area contributed by atoms with Crippen LogP contribution in [-0.2, 0) is 0 Å². The number of rotatable bonds is 9. The van der Waals surface area contributed by atoms with Crippen molar-refractivity contribution in [3.05, 3.63) is 29.8 Å². The van der Waals surface area contributed by atoms with E-state index in [4.69, 9.17) is 15.7 Å². The van der Waals surface area contributed by atoms with Crippen LogP contribution in [0.2, 0.25) is 0 Å². The smallest absolute Gasteiger partial charge is 0.170 e. The van der Waals surface area contributed by atoms with Crippen molar-refractivity contribution >= 4 is 5.84 Å². The molecule has 0 heterocycles. The van der Waals surface area contributed by atoms with Gasteiger partial charge < -0.3 is 21.0 Å². The Bertz CT molecular complexity index is 431. The van der Waals surface area contributed by atoms with E-state index in [1.165, 1.54) is 0 Å². The topological polar surface area (TPSA) is 79.9 Å². The maximum absolute atomic E-state index is 8.60. The Balaban J connectivity index is 2.43. The van der Waals surface area contributed by atoms with E-state index in [2.05, 4.69) is 31.2 Å². The third-order valence-electron chi connectivity index (χ3n) is 4.16. The minimum Gasteiger partial charge on any atom is -0.492 e. The third-order valence-corrected chi connectivity index (χ3v) is 4.16. The molecule has 1 aromatic carbocycles. The zero-order valence-electron chi connectivity index (χ0n) is 13.2. The average Bonchev–Trinajstić information content (AvgIpc) is 2.55. The molecule has 0 atom stereocenters. The zero-order chi connectivity index (χ0) is 15.7. The van der Waals surface area contributed by atoms with Gasteiger partial charge >= 0.3 is 0 Å². The molecule has 5 nitrogen and oxygen atoms in total. The predicted octanol–water partition coefficient (Wildman–Crippen LogP) is 2.72. The van der Waals surface area contributed by atoms with Gasteiger partial charge in [-0.05, 0) is 43.5 Å². The molecule has 0 unspecified atom stereocenters. The number of amidine groups is 1. The maximum Gasteiger partial charge on any atom is 0.170 e. The second-order valence-electron chi connectivity index (χ2n) is 5.13. The second-order valence-corrected chi connectivity index (χ2v) is 5.13. The van der Waals surface area contributed by atoms with Gasteiger partial charge in [0.1, 0.15) is 12.4 Å². The number of oxime groups is 1. The molecule has 21 heavy (non-hydrogen) atoms. The second kappa shape index (κ2) is 8.52. The fourth-order valence-electron chi connectivity index (χ4n) is 2.39. The van der Waals surface area contributed by atoms with E-state index in [1.807, 2.05) is 12.1 Å². The molecule has 0 aliphatic rings. The van der Waals surface area contributed by atoms with Gasteiger partial charge in [0.15, 0.2) is 5.84 Å². The summed E-state index contributed by atoms with van der Waals surface area (Å²) < 4.78 is 5.70. The van der Waals surface area contributed by atoms with Crippen molar-refractivity contribution in [3.8, 4) is 5.75 Å². The van der Waals surface area contributed by atoms with Crippen LogP contribution in [0.4, 0.5) is 0 Å². The van der Waals surface area contributed by atoms with Gasteiger partial charge in [-0.3, -0.25) is 0 Å². The largest absolute Gasteiger partial charge is 0.492 e. The first-order valence-electron chi connectivity index (χ1n) is 7.56. The zero-order valence-corrected chi connectivity index (χ0v) is 13.2. The van der Waals surface area contributed by atoms with Gasteiger partial charge in [-0.1, -0.05) is 25.9 Å². The lowest BCUT2D eigenvalue weighted by Crippen LogP contribution is -2.45. The van der Waals surface area contributed by atoms with Crippen LogP contribution in [0.25, 0.3) is 0 Å². The van der Waals surface area contributed by atoms with Crippen LogP contribution < -0.4 is 15.8 Å². The molecule has 0 spiro atoms. The molecule has 5 heteroatoms. The van der Waals surface area contributed by atoms with Crippen LogP contribution in [0.15, 0.2) is 29.4 Å². The first-order chi connectivity index (χ1) is 10.1. The highest BCUT2D eigenvalue weighted by molar-refractivity contribution is 5.97. The van der Waals surface area contributed by atoms with Crippen molar-refractivity contribution in [1.82, 2.24) is 5.32 Å². The quantitative estimate of drug-likeness (QED) is 0.215. The van der Waals surface area contributed by atoms with Gasteiger partial charge in [0, 0.05) is 17.6 Å². The predicted molar refractivity (Wildman–Crippen MR) is 86.1 cm³/mol. The highest BCUT2D eigenvalue weighted by atomic mass is 16.5. The summed E-state index contributed by atoms with van der Waals surface area (Å²) in [7, 11) is 0. The van der Waals surface area contributed by atoms with Crippen LogP contribution >= 0.6 is 0 Å². The highest BCUT2D eigenvalue weighted by Gasteiger charge is 2.22. The Hall–Kier alpha value is -1.75. The number of hydrogen-bond donors (Lipinski definition) is 3. The molecule has 118 valence electrons. The number of nitrogens with two attached hydrogens (primary N) is 1. The number of nitrogens with one attached hydrogen (secondary N) is 1. The van der Waals surface area contributed by atoms with Gasteiger partial charge in [0.25, 0.3) is 0 Å². The van der Waals surface area contributed by atoms with Crippen LogP contribution in [0, 0.1) is 0 Å². The van der Waals surface area contributed by atoms with Gasteiger partial charge in [0.05, 0.1) is 0 Å². The average molecular weight is 293 g/mol. The van der Waals surface area contributed by atoms with Crippen molar-refractivity contribution < 1.29 is 9.94 Å². The lowest BCUT2D eigenvalue weighted by atomic mass is 9.90. The summed E-state index contributed by atoms with van der Waals surface area (Å²) in [6, 6.07) is 7.18. The standard InChI is InChI=1S/C16H27N3O2/c1-4-16(5-2,6-3)18-11-12-21-14-9-7-13(8-10-14)15(17)19-20/h7-10,18,20H,4-6,11-12H2,1-3H3,(H2,17,19). The number of hydrogen-bond acceptors (Lipinski definition) is 4. The Labute approximate surface area is 127 Å². The Morgan fingerprint density at radius 2 is 1.76 bits per heavy atom. The molecular weight excluding hydrogens is 266 g/mol. The van der Waals surface area contributed by atoms with Crippen molar-refractivity contribution in [1.29, 1.82) is 0 Å². The fraction of sp³-hybridized carbons (Fsp3) is 0.562. The monoisotopic (exact) mass is 293 g/mol. The molecular formula is C16H27N3O2. The molecule has 1 aromatic rings. The number of nitrogens with zero attached hydrogens (tertiary/aromatic N) is 1. The lowest BCUT2D eigenvalue weighted by Gasteiger charge is -2.32. The van der Waals surface area contributed by atoms with Crippen molar-refractivity contribution in [2.75, 3.05) is 13.2 Å². The molecule has 0 aliphatic carbocycles. The van der Waals surface area contributed by atoms with Crippen LogP contribution in [-0.4, -0.2) is 29.7 Å². The number of benzene rings is 1. The maximum atomic E-state index is 8.60. The first kappa shape index (κ1) is 17.3. The lowest BCUT2D eigenvalue weighted by molar-refractivity contribution is 0.247. The minimum absolute atomic E-state index is 0.0989. The molecule has 4 N–H and O–H groups in total. The molecule has 0 aliphatic heterocycles.